The lowest BCUT2D eigenvalue weighted by Gasteiger charge is -2.08. The first kappa shape index (κ1) is 18.8. The summed E-state index contributed by atoms with van der Waals surface area (Å²) < 4.78 is 7.54. The second kappa shape index (κ2) is 8.42. The van der Waals surface area contributed by atoms with Crippen LogP contribution >= 0.6 is 15.9 Å². The van der Waals surface area contributed by atoms with Crippen LogP contribution < -0.4 is 11.2 Å². The Morgan fingerprint density at radius 3 is 2.57 bits per heavy atom. The Labute approximate surface area is 141 Å². The maximum Gasteiger partial charge on any atom is 0.356 e. The molecule has 0 saturated carbocycles. The molecule has 2 rings (SSSR count). The van der Waals surface area contributed by atoms with E-state index < -0.39 is 17.2 Å². The number of hydrogen-bond acceptors (Lipinski definition) is 5. The number of aryl methyl sites for hydroxylation is 1. The van der Waals surface area contributed by atoms with Gasteiger partial charge in [-0.3, -0.25) is 9.36 Å². The number of ether oxygens (including phenoxy) is 1. The van der Waals surface area contributed by atoms with E-state index in [1.165, 1.54) is 30.0 Å². The van der Waals surface area contributed by atoms with Gasteiger partial charge >= 0.3 is 11.7 Å². The van der Waals surface area contributed by atoms with Crippen molar-refractivity contribution in [2.75, 3.05) is 7.11 Å². The van der Waals surface area contributed by atoms with E-state index in [2.05, 4.69) is 25.7 Å². The van der Waals surface area contributed by atoms with Crippen LogP contribution in [0.4, 0.5) is 0 Å². The van der Waals surface area contributed by atoms with Crippen LogP contribution in [0, 0.1) is 0 Å². The third-order valence-corrected chi connectivity index (χ3v) is 3.26. The quantitative estimate of drug-likeness (QED) is 0.751. The molecule has 0 saturated heterocycles. The number of methoxy groups -OCH3 is 1. The van der Waals surface area contributed by atoms with Crippen LogP contribution in [0.5, 0.6) is 0 Å². The van der Waals surface area contributed by atoms with E-state index in [0.717, 1.165) is 4.57 Å². The van der Waals surface area contributed by atoms with Crippen molar-refractivity contribution in [1.29, 1.82) is 0 Å². The van der Waals surface area contributed by atoms with Crippen LogP contribution in [0.2, 0.25) is 0 Å². The van der Waals surface area contributed by atoms with E-state index in [4.69, 9.17) is 0 Å². The first-order valence-electron chi connectivity index (χ1n) is 6.93. The molecule has 0 N–H and O–H groups in total. The van der Waals surface area contributed by atoms with E-state index in [0.29, 0.717) is 10.2 Å². The van der Waals surface area contributed by atoms with Crippen LogP contribution in [0.15, 0.2) is 38.5 Å². The number of carbonyl (C=O) groups is 1. The molecular weight excluding hydrogens is 366 g/mol. The summed E-state index contributed by atoms with van der Waals surface area (Å²) in [7, 11) is 2.80. The Balaban J connectivity index is 0.00000127. The van der Waals surface area contributed by atoms with Gasteiger partial charge in [0.25, 0.3) is 5.56 Å². The minimum atomic E-state index is -0.592. The SMILES string of the molecule is CC.COC(=O)c1cc(Br)cc(Cn2c(=O)ccn(C)c2=O)n1. The van der Waals surface area contributed by atoms with Crippen molar-refractivity contribution in [3.63, 3.8) is 0 Å². The van der Waals surface area contributed by atoms with Crippen molar-refractivity contribution < 1.29 is 9.53 Å². The molecule has 23 heavy (non-hydrogen) atoms. The summed E-state index contributed by atoms with van der Waals surface area (Å²) in [6.07, 6.45) is 1.40. The Bertz CT molecular complexity index is 811. The van der Waals surface area contributed by atoms with Crippen LogP contribution in [-0.4, -0.2) is 27.2 Å². The topological polar surface area (TPSA) is 83.2 Å². The lowest BCUT2D eigenvalue weighted by molar-refractivity contribution is 0.0593. The van der Waals surface area contributed by atoms with E-state index >= 15 is 0 Å². The molecule has 0 atom stereocenters. The summed E-state index contributed by atoms with van der Waals surface area (Å²) >= 11 is 3.26. The molecule has 0 aliphatic carbocycles. The maximum atomic E-state index is 11.9. The molecule has 7 nitrogen and oxygen atoms in total. The molecule has 0 amide bonds. The van der Waals surface area contributed by atoms with Gasteiger partial charge in [-0.25, -0.2) is 14.6 Å². The first-order valence-corrected chi connectivity index (χ1v) is 7.73. The van der Waals surface area contributed by atoms with Crippen molar-refractivity contribution in [1.82, 2.24) is 14.1 Å². The van der Waals surface area contributed by atoms with Gasteiger partial charge in [-0.1, -0.05) is 29.8 Å². The van der Waals surface area contributed by atoms with Gasteiger partial charge < -0.3 is 9.30 Å². The zero-order valence-electron chi connectivity index (χ0n) is 13.4. The normalized spacial score (nSPS) is 9.78. The number of esters is 1. The molecule has 0 aromatic carbocycles. The summed E-state index contributed by atoms with van der Waals surface area (Å²) in [4.78, 5) is 39.3. The summed E-state index contributed by atoms with van der Waals surface area (Å²) in [5, 5.41) is 0. The summed E-state index contributed by atoms with van der Waals surface area (Å²) in [6, 6.07) is 4.42. The predicted octanol–water partition coefficient (Wildman–Crippen LogP) is 1.57. The molecule has 0 fully saturated rings. The highest BCUT2D eigenvalue weighted by molar-refractivity contribution is 9.10. The lowest BCUT2D eigenvalue weighted by atomic mass is 10.3. The Kier molecular flexibility index (Phi) is 6.89. The molecule has 0 spiro atoms. The van der Waals surface area contributed by atoms with Crippen molar-refractivity contribution in [3.05, 3.63) is 61.1 Å². The Morgan fingerprint density at radius 2 is 1.96 bits per heavy atom. The maximum absolute atomic E-state index is 11.9. The minimum absolute atomic E-state index is 0.0320. The molecule has 0 radical (unpaired) electrons. The average molecular weight is 384 g/mol. The highest BCUT2D eigenvalue weighted by atomic mass is 79.9. The lowest BCUT2D eigenvalue weighted by Crippen LogP contribution is -2.38. The fraction of sp³-hybridized carbons (Fsp3) is 0.333. The fourth-order valence-electron chi connectivity index (χ4n) is 1.76. The molecule has 0 aliphatic rings. The smallest absolute Gasteiger partial charge is 0.356 e. The number of nitrogens with zero attached hydrogens (tertiary/aromatic N) is 3. The molecule has 124 valence electrons. The van der Waals surface area contributed by atoms with Gasteiger partial charge in [-0.15, -0.1) is 0 Å². The van der Waals surface area contributed by atoms with Crippen LogP contribution in [0.1, 0.15) is 30.0 Å². The molecular formula is C15H18BrN3O4. The monoisotopic (exact) mass is 383 g/mol. The zero-order valence-corrected chi connectivity index (χ0v) is 15.0. The molecule has 0 unspecified atom stereocenters. The number of rotatable bonds is 3. The van der Waals surface area contributed by atoms with E-state index in [-0.39, 0.29) is 12.2 Å². The van der Waals surface area contributed by atoms with Crippen molar-refractivity contribution in [3.8, 4) is 0 Å². The highest BCUT2D eigenvalue weighted by Gasteiger charge is 2.12. The van der Waals surface area contributed by atoms with E-state index in [9.17, 15) is 14.4 Å². The minimum Gasteiger partial charge on any atom is -0.464 e. The van der Waals surface area contributed by atoms with E-state index in [1.54, 1.807) is 13.1 Å². The number of aromatic nitrogens is 3. The van der Waals surface area contributed by atoms with Crippen molar-refractivity contribution in [2.45, 2.75) is 20.4 Å². The second-order valence-electron chi connectivity index (χ2n) is 4.29. The van der Waals surface area contributed by atoms with Crippen molar-refractivity contribution >= 4 is 21.9 Å². The predicted molar refractivity (Wildman–Crippen MR) is 89.7 cm³/mol. The second-order valence-corrected chi connectivity index (χ2v) is 5.20. The van der Waals surface area contributed by atoms with Gasteiger partial charge in [0.05, 0.1) is 19.3 Å². The van der Waals surface area contributed by atoms with Crippen LogP contribution in [0.25, 0.3) is 0 Å². The van der Waals surface area contributed by atoms with Gasteiger partial charge in [0.2, 0.25) is 0 Å². The van der Waals surface area contributed by atoms with Gasteiger partial charge in [-0.05, 0) is 12.1 Å². The number of hydrogen-bond donors (Lipinski definition) is 0. The summed E-state index contributed by atoms with van der Waals surface area (Å²) in [6.45, 7) is 3.97. The molecule has 0 aliphatic heterocycles. The van der Waals surface area contributed by atoms with Gasteiger partial charge in [0.1, 0.15) is 5.69 Å². The third kappa shape index (κ3) is 4.62. The fourth-order valence-corrected chi connectivity index (χ4v) is 2.24. The first-order chi connectivity index (χ1) is 10.9. The molecule has 2 aromatic heterocycles. The highest BCUT2D eigenvalue weighted by Crippen LogP contribution is 2.14. The average Bonchev–Trinajstić information content (AvgIpc) is 2.55. The Hall–Kier alpha value is -2.22. The molecule has 2 heterocycles. The van der Waals surface area contributed by atoms with Crippen molar-refractivity contribution in [2.24, 2.45) is 7.05 Å². The summed E-state index contributed by atoms with van der Waals surface area (Å²) in [5.41, 5.74) is -0.388. The van der Waals surface area contributed by atoms with Gasteiger partial charge in [0.15, 0.2) is 0 Å². The third-order valence-electron chi connectivity index (χ3n) is 2.80. The van der Waals surface area contributed by atoms with Crippen LogP contribution in [-0.2, 0) is 18.3 Å². The van der Waals surface area contributed by atoms with Gasteiger partial charge in [0, 0.05) is 23.8 Å². The number of carbonyl (C=O) groups excluding carboxylic acids is 1. The molecule has 0 bridgehead atoms. The Morgan fingerprint density at radius 1 is 1.30 bits per heavy atom. The molecule has 8 heteroatoms. The number of pyridine rings is 1. The van der Waals surface area contributed by atoms with Crippen LogP contribution in [0.3, 0.4) is 0 Å². The van der Waals surface area contributed by atoms with Gasteiger partial charge in [-0.2, -0.15) is 0 Å². The standard InChI is InChI=1S/C13H12BrN3O4.C2H6/c1-16-4-3-11(18)17(13(16)20)7-9-5-8(14)6-10(15-9)12(19)21-2;1-2/h3-6H,7H2,1-2H3;1-2H3. The zero-order chi connectivity index (χ0) is 17.6. The number of halogens is 1. The largest absolute Gasteiger partial charge is 0.464 e. The molecule has 2 aromatic rings. The van der Waals surface area contributed by atoms with E-state index in [1.807, 2.05) is 13.8 Å². The summed E-state index contributed by atoms with van der Waals surface area (Å²) in [5.74, 6) is -0.592.